The van der Waals surface area contributed by atoms with Crippen molar-refractivity contribution in [1.29, 1.82) is 0 Å². The largest absolute Gasteiger partial charge is 0.322 e. The number of rotatable bonds is 4. The van der Waals surface area contributed by atoms with Crippen molar-refractivity contribution in [3.8, 4) is 0 Å². The lowest BCUT2D eigenvalue weighted by atomic mass is 10.1. The van der Waals surface area contributed by atoms with Gasteiger partial charge in [0.1, 0.15) is 0 Å². The Labute approximate surface area is 107 Å². The molecule has 0 radical (unpaired) electrons. The van der Waals surface area contributed by atoms with Gasteiger partial charge in [-0.05, 0) is 37.6 Å². The van der Waals surface area contributed by atoms with Gasteiger partial charge in [0.25, 0.3) is 0 Å². The summed E-state index contributed by atoms with van der Waals surface area (Å²) in [5.74, 6) is 0. The molecule has 0 aliphatic heterocycles. The first-order valence-corrected chi connectivity index (χ1v) is 6.77. The molecule has 2 N–H and O–H groups in total. The van der Waals surface area contributed by atoms with Crippen LogP contribution in [0.2, 0.25) is 0 Å². The number of pyridine rings is 1. The van der Waals surface area contributed by atoms with Crippen molar-refractivity contribution < 1.29 is 0 Å². The van der Waals surface area contributed by atoms with Crippen LogP contribution in [-0.2, 0) is 12.8 Å². The van der Waals surface area contributed by atoms with Gasteiger partial charge in [-0.2, -0.15) is 0 Å². The van der Waals surface area contributed by atoms with Gasteiger partial charge >= 0.3 is 0 Å². The second-order valence-electron chi connectivity index (χ2n) is 4.24. The maximum absolute atomic E-state index is 6.19. The molecule has 2 heterocycles. The van der Waals surface area contributed by atoms with Gasteiger partial charge in [0, 0.05) is 21.9 Å². The maximum atomic E-state index is 6.19. The first-order chi connectivity index (χ1) is 8.19. The fourth-order valence-corrected chi connectivity index (χ4v) is 2.83. The lowest BCUT2D eigenvalue weighted by Crippen LogP contribution is -2.14. The minimum absolute atomic E-state index is 0.00161. The van der Waals surface area contributed by atoms with Gasteiger partial charge in [-0.15, -0.1) is 11.3 Å². The fraction of sp³-hybridized carbons (Fsp3) is 0.357. The third kappa shape index (κ3) is 3.14. The highest BCUT2D eigenvalue weighted by Gasteiger charge is 2.10. The molecule has 1 unspecified atom stereocenters. The third-order valence-corrected chi connectivity index (χ3v) is 4.03. The molecule has 0 saturated heterocycles. The van der Waals surface area contributed by atoms with Gasteiger partial charge < -0.3 is 5.73 Å². The zero-order chi connectivity index (χ0) is 12.3. The summed E-state index contributed by atoms with van der Waals surface area (Å²) in [5, 5.41) is 0. The molecule has 0 aliphatic rings. The smallest absolute Gasteiger partial charge is 0.0577 e. The Bertz CT molecular complexity index is 490. The Morgan fingerprint density at radius 2 is 2.00 bits per heavy atom. The summed E-state index contributed by atoms with van der Waals surface area (Å²) in [7, 11) is 0. The molecular formula is C14H18N2S. The number of nitrogens with two attached hydrogens (primary N) is 1. The molecule has 3 heteroatoms. The van der Waals surface area contributed by atoms with Crippen LogP contribution < -0.4 is 5.73 Å². The van der Waals surface area contributed by atoms with Crippen LogP contribution in [0.15, 0.2) is 30.3 Å². The van der Waals surface area contributed by atoms with Crippen molar-refractivity contribution in [2.45, 2.75) is 32.7 Å². The van der Waals surface area contributed by atoms with Crippen LogP contribution in [0.25, 0.3) is 0 Å². The van der Waals surface area contributed by atoms with E-state index >= 15 is 0 Å². The van der Waals surface area contributed by atoms with Gasteiger partial charge in [-0.25, -0.2) is 0 Å². The van der Waals surface area contributed by atoms with Crippen molar-refractivity contribution in [2.75, 3.05) is 0 Å². The number of aromatic nitrogens is 1. The molecule has 2 aromatic heterocycles. The van der Waals surface area contributed by atoms with Crippen LogP contribution in [-0.4, -0.2) is 4.98 Å². The number of aryl methyl sites for hydroxylation is 2. The molecule has 0 aliphatic carbocycles. The van der Waals surface area contributed by atoms with E-state index in [-0.39, 0.29) is 6.04 Å². The first kappa shape index (κ1) is 12.3. The summed E-state index contributed by atoms with van der Waals surface area (Å²) in [5.41, 5.74) is 8.20. The summed E-state index contributed by atoms with van der Waals surface area (Å²) in [6.07, 6.45) is 1.98. The Morgan fingerprint density at radius 3 is 2.65 bits per heavy atom. The third-order valence-electron chi connectivity index (χ3n) is 2.78. The van der Waals surface area contributed by atoms with Crippen LogP contribution in [0.3, 0.4) is 0 Å². The number of hydrogen-bond donors (Lipinski definition) is 1. The summed E-state index contributed by atoms with van der Waals surface area (Å²) in [6, 6.07) is 10.4. The molecule has 0 fully saturated rings. The van der Waals surface area contributed by atoms with E-state index in [2.05, 4.69) is 24.0 Å². The molecule has 90 valence electrons. The highest BCUT2D eigenvalue weighted by Crippen LogP contribution is 2.22. The Morgan fingerprint density at radius 1 is 1.24 bits per heavy atom. The van der Waals surface area contributed by atoms with Gasteiger partial charge in [0.05, 0.1) is 11.7 Å². The van der Waals surface area contributed by atoms with Crippen LogP contribution >= 0.6 is 11.3 Å². The van der Waals surface area contributed by atoms with Crippen molar-refractivity contribution in [1.82, 2.24) is 4.98 Å². The SMILES string of the molecule is CCc1ccc(CC(N)c2cccc(C)n2)s1. The molecule has 0 saturated carbocycles. The zero-order valence-corrected chi connectivity index (χ0v) is 11.1. The van der Waals surface area contributed by atoms with Crippen molar-refractivity contribution >= 4 is 11.3 Å². The van der Waals surface area contributed by atoms with E-state index in [0.717, 1.165) is 24.2 Å². The fourth-order valence-electron chi connectivity index (χ4n) is 1.81. The van der Waals surface area contributed by atoms with E-state index in [1.165, 1.54) is 9.75 Å². The number of hydrogen-bond acceptors (Lipinski definition) is 3. The second kappa shape index (κ2) is 5.43. The van der Waals surface area contributed by atoms with Gasteiger partial charge in [0.2, 0.25) is 0 Å². The van der Waals surface area contributed by atoms with E-state index < -0.39 is 0 Å². The minimum Gasteiger partial charge on any atom is -0.322 e. The van der Waals surface area contributed by atoms with E-state index in [1.54, 1.807) is 0 Å². The van der Waals surface area contributed by atoms with E-state index in [4.69, 9.17) is 5.73 Å². The molecule has 0 amide bonds. The molecule has 2 nitrogen and oxygen atoms in total. The van der Waals surface area contributed by atoms with Gasteiger partial charge in [-0.3, -0.25) is 4.98 Å². The Balaban J connectivity index is 2.08. The van der Waals surface area contributed by atoms with Crippen LogP contribution in [0, 0.1) is 6.92 Å². The summed E-state index contributed by atoms with van der Waals surface area (Å²) >= 11 is 1.85. The predicted molar refractivity (Wildman–Crippen MR) is 73.3 cm³/mol. The van der Waals surface area contributed by atoms with Crippen LogP contribution in [0.1, 0.15) is 34.1 Å². The standard InChI is InChI=1S/C14H18N2S/c1-3-11-7-8-12(17-11)9-13(15)14-6-4-5-10(2)16-14/h4-8,13H,3,9,15H2,1-2H3. The van der Waals surface area contributed by atoms with Gasteiger partial charge in [-0.1, -0.05) is 13.0 Å². The van der Waals surface area contributed by atoms with E-state index in [1.807, 2.05) is 36.5 Å². The quantitative estimate of drug-likeness (QED) is 0.899. The number of nitrogens with zero attached hydrogens (tertiary/aromatic N) is 1. The van der Waals surface area contributed by atoms with Crippen molar-refractivity contribution in [3.63, 3.8) is 0 Å². The lowest BCUT2D eigenvalue weighted by molar-refractivity contribution is 0.700. The van der Waals surface area contributed by atoms with Crippen LogP contribution in [0.5, 0.6) is 0 Å². The molecule has 0 spiro atoms. The topological polar surface area (TPSA) is 38.9 Å². The second-order valence-corrected chi connectivity index (χ2v) is 5.49. The first-order valence-electron chi connectivity index (χ1n) is 5.95. The highest BCUT2D eigenvalue weighted by atomic mass is 32.1. The molecule has 2 rings (SSSR count). The van der Waals surface area contributed by atoms with Crippen molar-refractivity contribution in [2.24, 2.45) is 5.73 Å². The average Bonchev–Trinajstić information content (AvgIpc) is 2.77. The van der Waals surface area contributed by atoms with Crippen LogP contribution in [0.4, 0.5) is 0 Å². The number of thiophene rings is 1. The Kier molecular flexibility index (Phi) is 3.92. The monoisotopic (exact) mass is 246 g/mol. The average molecular weight is 246 g/mol. The normalized spacial score (nSPS) is 12.6. The summed E-state index contributed by atoms with van der Waals surface area (Å²) in [4.78, 5) is 7.24. The van der Waals surface area contributed by atoms with E-state index in [0.29, 0.717) is 0 Å². The minimum atomic E-state index is -0.00161. The molecule has 0 aromatic carbocycles. The molecule has 17 heavy (non-hydrogen) atoms. The van der Waals surface area contributed by atoms with Gasteiger partial charge in [0.15, 0.2) is 0 Å². The lowest BCUT2D eigenvalue weighted by Gasteiger charge is -2.10. The summed E-state index contributed by atoms with van der Waals surface area (Å²) < 4.78 is 0. The van der Waals surface area contributed by atoms with Crippen molar-refractivity contribution in [3.05, 3.63) is 51.5 Å². The molecule has 2 aromatic rings. The molecule has 1 atom stereocenters. The Hall–Kier alpha value is -1.19. The predicted octanol–water partition coefficient (Wildman–Crippen LogP) is 3.26. The molecule has 0 bridgehead atoms. The molecular weight excluding hydrogens is 228 g/mol. The van der Waals surface area contributed by atoms with E-state index in [9.17, 15) is 0 Å². The zero-order valence-electron chi connectivity index (χ0n) is 10.3. The summed E-state index contributed by atoms with van der Waals surface area (Å²) in [6.45, 7) is 4.17. The highest BCUT2D eigenvalue weighted by molar-refractivity contribution is 7.11. The maximum Gasteiger partial charge on any atom is 0.0577 e.